The molecule has 7 heteroatoms. The summed E-state index contributed by atoms with van der Waals surface area (Å²) in [6.45, 7) is 0.611. The lowest BCUT2D eigenvalue weighted by atomic mass is 10.2. The van der Waals surface area contributed by atoms with E-state index in [0.29, 0.717) is 12.2 Å². The minimum atomic E-state index is -0.573. The molecule has 4 N–H and O–H groups in total. The topological polar surface area (TPSA) is 92.9 Å². The van der Waals surface area contributed by atoms with E-state index in [1.54, 1.807) is 17.7 Å². The number of rotatable bonds is 5. The number of amides is 2. The maximum atomic E-state index is 10.9. The van der Waals surface area contributed by atoms with Crippen LogP contribution in [0.3, 0.4) is 0 Å². The molecule has 2 aromatic carbocycles. The van der Waals surface area contributed by atoms with Gasteiger partial charge in [0.25, 0.3) is 0 Å². The van der Waals surface area contributed by atoms with Crippen molar-refractivity contribution in [2.45, 2.75) is 6.54 Å². The molecule has 0 spiro atoms. The van der Waals surface area contributed by atoms with Crippen LogP contribution in [0.25, 0.3) is 20.7 Å². The number of hydrogen-bond donors (Lipinski definition) is 3. The summed E-state index contributed by atoms with van der Waals surface area (Å²) in [5.74, 6) is 0.803. The van der Waals surface area contributed by atoms with Gasteiger partial charge < -0.3 is 16.4 Å². The smallest absolute Gasteiger partial charge is 0.316 e. The third kappa shape index (κ3) is 3.88. The van der Waals surface area contributed by atoms with Crippen LogP contribution >= 0.6 is 11.3 Å². The number of primary amides is 1. The van der Waals surface area contributed by atoms with E-state index in [-0.39, 0.29) is 0 Å². The first kappa shape index (κ1) is 17.0. The highest BCUT2D eigenvalue weighted by Gasteiger charge is 2.10. The van der Waals surface area contributed by atoms with Gasteiger partial charge in [-0.25, -0.2) is 14.8 Å². The van der Waals surface area contributed by atoms with Gasteiger partial charge in [-0.05, 0) is 29.3 Å². The number of nitrogens with one attached hydrogen (secondary N) is 2. The molecule has 0 radical (unpaired) electrons. The predicted octanol–water partition coefficient (Wildman–Crippen LogP) is 4.46. The highest BCUT2D eigenvalue weighted by Crippen LogP contribution is 2.34. The van der Waals surface area contributed by atoms with Crippen molar-refractivity contribution >= 4 is 39.1 Å². The van der Waals surface area contributed by atoms with Crippen molar-refractivity contribution < 1.29 is 4.79 Å². The standard InChI is InChI=1S/C20H17N5OS/c21-20(26)25-15-8-6-13(7-9-15)11-22-18-16-10-17(14-4-2-1-3-5-14)27-19(16)24-12-23-18/h1-10,12H,11H2,(H3,21,25,26)(H,22,23,24). The molecule has 2 heterocycles. The van der Waals surface area contributed by atoms with Crippen LogP contribution in [0.15, 0.2) is 67.0 Å². The average Bonchev–Trinajstić information content (AvgIpc) is 3.13. The van der Waals surface area contributed by atoms with E-state index >= 15 is 0 Å². The molecule has 0 aliphatic rings. The van der Waals surface area contributed by atoms with Crippen LogP contribution in [0.1, 0.15) is 5.56 Å². The summed E-state index contributed by atoms with van der Waals surface area (Å²) in [6.07, 6.45) is 1.58. The van der Waals surface area contributed by atoms with Crippen molar-refractivity contribution in [1.29, 1.82) is 0 Å². The number of nitrogens with two attached hydrogens (primary N) is 1. The first-order chi connectivity index (χ1) is 13.2. The van der Waals surface area contributed by atoms with Gasteiger partial charge in [0.15, 0.2) is 0 Å². The van der Waals surface area contributed by atoms with Gasteiger partial charge in [0.1, 0.15) is 17.0 Å². The molecule has 4 rings (SSSR count). The van der Waals surface area contributed by atoms with Crippen molar-refractivity contribution in [1.82, 2.24) is 9.97 Å². The largest absolute Gasteiger partial charge is 0.365 e. The number of fused-ring (bicyclic) bond motifs is 1. The second-order valence-corrected chi connectivity index (χ2v) is 6.99. The molecule has 6 nitrogen and oxygen atoms in total. The number of urea groups is 1. The Kier molecular flexibility index (Phi) is 4.67. The van der Waals surface area contributed by atoms with Crippen LogP contribution in [-0.4, -0.2) is 16.0 Å². The van der Waals surface area contributed by atoms with Crippen molar-refractivity contribution in [2.75, 3.05) is 10.6 Å². The van der Waals surface area contributed by atoms with Crippen molar-refractivity contribution in [3.63, 3.8) is 0 Å². The maximum absolute atomic E-state index is 10.9. The Morgan fingerprint density at radius 3 is 2.56 bits per heavy atom. The zero-order chi connectivity index (χ0) is 18.6. The Morgan fingerprint density at radius 2 is 1.81 bits per heavy atom. The summed E-state index contributed by atoms with van der Waals surface area (Å²) in [7, 11) is 0. The Bertz CT molecular complexity index is 1080. The Morgan fingerprint density at radius 1 is 1.04 bits per heavy atom. The summed E-state index contributed by atoms with van der Waals surface area (Å²) in [5, 5.41) is 6.93. The average molecular weight is 375 g/mol. The number of aromatic nitrogens is 2. The van der Waals surface area contributed by atoms with E-state index in [1.807, 2.05) is 42.5 Å². The molecule has 0 saturated carbocycles. The molecule has 27 heavy (non-hydrogen) atoms. The van der Waals surface area contributed by atoms with Gasteiger partial charge in [-0.15, -0.1) is 11.3 Å². The third-order valence-corrected chi connectivity index (χ3v) is 5.16. The molecule has 0 bridgehead atoms. The van der Waals surface area contributed by atoms with E-state index in [1.165, 1.54) is 5.56 Å². The van der Waals surface area contributed by atoms with Gasteiger partial charge >= 0.3 is 6.03 Å². The minimum Gasteiger partial charge on any atom is -0.365 e. The lowest BCUT2D eigenvalue weighted by molar-refractivity contribution is 0.259. The summed E-state index contributed by atoms with van der Waals surface area (Å²) >= 11 is 1.65. The van der Waals surface area contributed by atoms with Crippen LogP contribution < -0.4 is 16.4 Å². The normalized spacial score (nSPS) is 10.7. The van der Waals surface area contributed by atoms with Crippen LogP contribution in [0.4, 0.5) is 16.3 Å². The zero-order valence-corrected chi connectivity index (χ0v) is 15.2. The Labute approximate surface area is 160 Å². The number of carbonyl (C=O) groups excluding carboxylic acids is 1. The SMILES string of the molecule is NC(=O)Nc1ccc(CNc2ncnc3sc(-c4ccccc4)cc23)cc1. The van der Waals surface area contributed by atoms with Crippen LogP contribution in [0, 0.1) is 0 Å². The summed E-state index contributed by atoms with van der Waals surface area (Å²) < 4.78 is 0. The summed E-state index contributed by atoms with van der Waals surface area (Å²) in [5.41, 5.74) is 8.02. The van der Waals surface area contributed by atoms with E-state index in [9.17, 15) is 4.79 Å². The molecule has 2 aromatic heterocycles. The van der Waals surface area contributed by atoms with Gasteiger partial charge in [-0.1, -0.05) is 42.5 Å². The van der Waals surface area contributed by atoms with E-state index in [0.717, 1.165) is 26.5 Å². The zero-order valence-electron chi connectivity index (χ0n) is 14.3. The number of anilines is 2. The number of nitrogens with zero attached hydrogens (tertiary/aromatic N) is 2. The van der Waals surface area contributed by atoms with Crippen LogP contribution in [0.2, 0.25) is 0 Å². The molecular weight excluding hydrogens is 358 g/mol. The lowest BCUT2D eigenvalue weighted by Crippen LogP contribution is -2.19. The highest BCUT2D eigenvalue weighted by atomic mass is 32.1. The van der Waals surface area contributed by atoms with Gasteiger partial charge in [-0.2, -0.15) is 0 Å². The van der Waals surface area contributed by atoms with Crippen LogP contribution in [-0.2, 0) is 6.54 Å². The van der Waals surface area contributed by atoms with E-state index in [2.05, 4.69) is 38.8 Å². The second kappa shape index (κ2) is 7.43. The molecular formula is C20H17N5OS. The molecule has 0 aliphatic heterocycles. The van der Waals surface area contributed by atoms with Crippen molar-refractivity contribution in [2.24, 2.45) is 5.73 Å². The summed E-state index contributed by atoms with van der Waals surface area (Å²) in [6, 6.07) is 19.3. The molecule has 2 amide bonds. The van der Waals surface area contributed by atoms with Gasteiger partial charge in [-0.3, -0.25) is 0 Å². The Balaban J connectivity index is 1.54. The minimum absolute atomic E-state index is 0.573. The fraction of sp³-hybridized carbons (Fsp3) is 0.0500. The highest BCUT2D eigenvalue weighted by molar-refractivity contribution is 7.21. The first-order valence-corrected chi connectivity index (χ1v) is 9.20. The summed E-state index contributed by atoms with van der Waals surface area (Å²) in [4.78, 5) is 21.8. The number of carbonyl (C=O) groups is 1. The van der Waals surface area contributed by atoms with Gasteiger partial charge in [0.05, 0.1) is 5.39 Å². The molecule has 4 aromatic rings. The molecule has 0 fully saturated rings. The van der Waals surface area contributed by atoms with Crippen molar-refractivity contribution in [3.05, 3.63) is 72.6 Å². The molecule has 0 unspecified atom stereocenters. The third-order valence-electron chi connectivity index (χ3n) is 4.07. The number of hydrogen-bond acceptors (Lipinski definition) is 5. The fourth-order valence-electron chi connectivity index (χ4n) is 2.78. The van der Waals surface area contributed by atoms with Crippen LogP contribution in [0.5, 0.6) is 0 Å². The lowest BCUT2D eigenvalue weighted by Gasteiger charge is -2.07. The number of benzene rings is 2. The molecule has 0 saturated heterocycles. The number of thiophene rings is 1. The molecule has 0 atom stereocenters. The monoisotopic (exact) mass is 375 g/mol. The molecule has 0 aliphatic carbocycles. The Hall–Kier alpha value is -3.45. The van der Waals surface area contributed by atoms with Gasteiger partial charge in [0, 0.05) is 17.1 Å². The molecule has 134 valence electrons. The van der Waals surface area contributed by atoms with Crippen molar-refractivity contribution in [3.8, 4) is 10.4 Å². The maximum Gasteiger partial charge on any atom is 0.316 e. The first-order valence-electron chi connectivity index (χ1n) is 8.38. The van der Waals surface area contributed by atoms with Gasteiger partial charge in [0.2, 0.25) is 0 Å². The van der Waals surface area contributed by atoms with E-state index in [4.69, 9.17) is 5.73 Å². The second-order valence-electron chi connectivity index (χ2n) is 5.96. The quantitative estimate of drug-likeness (QED) is 0.480. The fourth-order valence-corrected chi connectivity index (χ4v) is 3.78. The predicted molar refractivity (Wildman–Crippen MR) is 110 cm³/mol. The van der Waals surface area contributed by atoms with E-state index < -0.39 is 6.03 Å².